The predicted octanol–water partition coefficient (Wildman–Crippen LogP) is 0.797. The molecule has 7 nitrogen and oxygen atoms in total. The van der Waals surface area contributed by atoms with Crippen LogP contribution >= 0.6 is 13.5 Å². The van der Waals surface area contributed by atoms with Gasteiger partial charge in [0.25, 0.3) is 5.69 Å². The van der Waals surface area contributed by atoms with E-state index in [0.29, 0.717) is 0 Å². The average Bonchev–Trinajstić information content (AvgIpc) is 3.05. The van der Waals surface area contributed by atoms with E-state index in [2.05, 4.69) is 0 Å². The van der Waals surface area contributed by atoms with Crippen molar-refractivity contribution in [2.24, 2.45) is 5.92 Å². The predicted molar refractivity (Wildman–Crippen MR) is 72.5 cm³/mol. The molecule has 1 aliphatic heterocycles. The van der Waals surface area contributed by atoms with Crippen molar-refractivity contribution < 1.29 is 22.9 Å². The number of carbonyl (C=O) groups is 1. The molecule has 1 aliphatic carbocycles. The number of sulfone groups is 1. The quantitative estimate of drug-likeness (QED) is 0.464. The van der Waals surface area contributed by atoms with Crippen molar-refractivity contribution in [2.75, 3.05) is 6.61 Å². The molecule has 0 unspecified atom stereocenters. The lowest BCUT2D eigenvalue weighted by molar-refractivity contribution is -0.384. The number of hydrogen-bond donors (Lipinski definition) is 0. The fourth-order valence-electron chi connectivity index (χ4n) is 2.45. The summed E-state index contributed by atoms with van der Waals surface area (Å²) >= 11 is 0. The van der Waals surface area contributed by atoms with Gasteiger partial charge in [0.15, 0.2) is 14.6 Å². The number of nitro benzene ring substituents is 1. The Bertz CT molecular complexity index is 683. The average molecular weight is 317 g/mol. The molecule has 3 rings (SSSR count). The number of hydrogen-bond acceptors (Lipinski definition) is 6. The van der Waals surface area contributed by atoms with Gasteiger partial charge in [-0.2, -0.15) is 13.5 Å². The van der Waals surface area contributed by atoms with Gasteiger partial charge in [-0.3, -0.25) is 14.9 Å². The summed E-state index contributed by atoms with van der Waals surface area (Å²) in [6.45, 7) is 0.130. The molecule has 2 fully saturated rings. The van der Waals surface area contributed by atoms with Crippen molar-refractivity contribution >= 4 is 35.0 Å². The van der Waals surface area contributed by atoms with E-state index in [1.165, 1.54) is 0 Å². The van der Waals surface area contributed by atoms with Crippen molar-refractivity contribution in [1.82, 2.24) is 0 Å². The van der Waals surface area contributed by atoms with Crippen LogP contribution in [0.25, 0.3) is 0 Å². The molecular formula is C11H11NO6S2. The topological polar surface area (TPSA) is 104 Å². The van der Waals surface area contributed by atoms with Gasteiger partial charge in [-0.1, -0.05) is 0 Å². The first kappa shape index (κ1) is 14.8. The van der Waals surface area contributed by atoms with E-state index in [-0.39, 0.29) is 43.0 Å². The number of nitro groups is 1. The Balaban J connectivity index is 0.00000147. The monoisotopic (exact) mass is 317 g/mol. The number of benzene rings is 1. The lowest BCUT2D eigenvalue weighted by Gasteiger charge is -2.10. The standard InChI is InChI=1S/C11H9NO6S.H2S/c13-10-11(5-7(11)6-18-10)19(16,17)9-3-1-8(2-4-9)12(14)15;/h1-4,7H,5-6H2;1H2/t7-,11+;/m0./s1. The fourth-order valence-corrected chi connectivity index (χ4v) is 4.57. The molecule has 1 heterocycles. The van der Waals surface area contributed by atoms with Gasteiger partial charge < -0.3 is 4.74 Å². The Morgan fingerprint density at radius 2 is 1.90 bits per heavy atom. The van der Waals surface area contributed by atoms with Crippen molar-refractivity contribution in [3.63, 3.8) is 0 Å². The van der Waals surface area contributed by atoms with Gasteiger partial charge >= 0.3 is 5.97 Å². The molecule has 1 aromatic rings. The highest BCUT2D eigenvalue weighted by molar-refractivity contribution is 7.94. The van der Waals surface area contributed by atoms with Crippen LogP contribution in [0.15, 0.2) is 29.2 Å². The number of nitrogens with zero attached hydrogens (tertiary/aromatic N) is 1. The van der Waals surface area contributed by atoms with E-state index in [9.17, 15) is 23.3 Å². The van der Waals surface area contributed by atoms with Gasteiger partial charge in [0.2, 0.25) is 0 Å². The molecule has 0 aromatic heterocycles. The molecule has 1 saturated heterocycles. The highest BCUT2D eigenvalue weighted by Crippen LogP contribution is 2.57. The molecular weight excluding hydrogens is 306 g/mol. The zero-order valence-corrected chi connectivity index (χ0v) is 11.9. The largest absolute Gasteiger partial charge is 0.464 e. The molecule has 20 heavy (non-hydrogen) atoms. The third-order valence-electron chi connectivity index (χ3n) is 3.65. The number of non-ortho nitro benzene ring substituents is 1. The second kappa shape index (κ2) is 4.45. The van der Waals surface area contributed by atoms with Gasteiger partial charge in [0, 0.05) is 18.1 Å². The number of rotatable bonds is 3. The molecule has 108 valence electrons. The third-order valence-corrected chi connectivity index (χ3v) is 6.17. The smallest absolute Gasteiger partial charge is 0.328 e. The van der Waals surface area contributed by atoms with Crippen LogP contribution < -0.4 is 0 Å². The maximum absolute atomic E-state index is 12.4. The summed E-state index contributed by atoms with van der Waals surface area (Å²) in [5, 5.41) is 10.5. The molecule has 0 spiro atoms. The Labute approximate surface area is 121 Å². The van der Waals surface area contributed by atoms with Crippen LogP contribution in [0.3, 0.4) is 0 Å². The minimum Gasteiger partial charge on any atom is -0.464 e. The van der Waals surface area contributed by atoms with Crippen LogP contribution in [-0.2, 0) is 19.4 Å². The minimum absolute atomic E-state index is 0. The lowest BCUT2D eigenvalue weighted by atomic mass is 10.3. The Morgan fingerprint density at radius 1 is 1.30 bits per heavy atom. The van der Waals surface area contributed by atoms with Crippen molar-refractivity contribution in [2.45, 2.75) is 16.1 Å². The summed E-state index contributed by atoms with van der Waals surface area (Å²) in [5.74, 6) is -1.00. The van der Waals surface area contributed by atoms with E-state index in [1.807, 2.05) is 0 Å². The SMILES string of the molecule is O=C1OC[C@@H]2C[C@]12S(=O)(=O)c1ccc([N+](=O)[O-])cc1.S. The number of fused-ring (bicyclic) bond motifs is 1. The van der Waals surface area contributed by atoms with Crippen LogP contribution in [0.4, 0.5) is 5.69 Å². The molecule has 0 amide bonds. The summed E-state index contributed by atoms with van der Waals surface area (Å²) in [7, 11) is -3.85. The third kappa shape index (κ3) is 1.73. The van der Waals surface area contributed by atoms with Gasteiger partial charge in [0.1, 0.15) is 0 Å². The number of carbonyl (C=O) groups excluding carboxylic acids is 1. The first-order chi connectivity index (χ1) is 8.89. The van der Waals surface area contributed by atoms with Gasteiger partial charge in [0.05, 0.1) is 16.4 Å². The maximum atomic E-state index is 12.4. The summed E-state index contributed by atoms with van der Waals surface area (Å²) in [6.07, 6.45) is 0.269. The van der Waals surface area contributed by atoms with Gasteiger partial charge in [-0.15, -0.1) is 0 Å². The van der Waals surface area contributed by atoms with Crippen LogP contribution in [0, 0.1) is 16.0 Å². The van der Waals surface area contributed by atoms with Gasteiger partial charge in [-0.25, -0.2) is 8.42 Å². The van der Waals surface area contributed by atoms with Crippen molar-refractivity contribution in [3.05, 3.63) is 34.4 Å². The number of esters is 1. The van der Waals surface area contributed by atoms with Crippen LogP contribution in [0.5, 0.6) is 0 Å². The summed E-state index contributed by atoms with van der Waals surface area (Å²) in [4.78, 5) is 21.5. The zero-order chi connectivity index (χ0) is 13.8. The number of ether oxygens (including phenoxy) is 1. The fraction of sp³-hybridized carbons (Fsp3) is 0.364. The van der Waals surface area contributed by atoms with Crippen molar-refractivity contribution in [1.29, 1.82) is 0 Å². The van der Waals surface area contributed by atoms with E-state index >= 15 is 0 Å². The highest BCUT2D eigenvalue weighted by Gasteiger charge is 2.74. The Kier molecular flexibility index (Phi) is 3.29. The van der Waals surface area contributed by atoms with Crippen LogP contribution in [-0.4, -0.2) is 30.7 Å². The molecule has 0 radical (unpaired) electrons. The van der Waals surface area contributed by atoms with E-state index in [4.69, 9.17) is 4.74 Å². The zero-order valence-electron chi connectivity index (χ0n) is 10.1. The maximum Gasteiger partial charge on any atom is 0.328 e. The molecule has 2 atom stereocenters. The molecule has 1 saturated carbocycles. The molecule has 0 N–H and O–H groups in total. The second-order valence-corrected chi connectivity index (χ2v) is 6.85. The Morgan fingerprint density at radius 3 is 2.30 bits per heavy atom. The first-order valence-corrected chi connectivity index (χ1v) is 7.04. The minimum atomic E-state index is -3.85. The summed E-state index contributed by atoms with van der Waals surface area (Å²) < 4.78 is 28.1. The van der Waals surface area contributed by atoms with E-state index < -0.39 is 25.5 Å². The molecule has 1 aromatic carbocycles. The Hall–Kier alpha value is -1.61. The number of cyclic esters (lactones) is 1. The summed E-state index contributed by atoms with van der Waals surface area (Å²) in [5.41, 5.74) is -0.196. The second-order valence-electron chi connectivity index (χ2n) is 4.64. The first-order valence-electron chi connectivity index (χ1n) is 5.56. The van der Waals surface area contributed by atoms with Crippen LogP contribution in [0.1, 0.15) is 6.42 Å². The lowest BCUT2D eigenvalue weighted by Crippen LogP contribution is -2.31. The highest BCUT2D eigenvalue weighted by atomic mass is 32.2. The molecule has 0 bridgehead atoms. The van der Waals surface area contributed by atoms with Crippen molar-refractivity contribution in [3.8, 4) is 0 Å². The van der Waals surface area contributed by atoms with Gasteiger partial charge in [-0.05, 0) is 18.6 Å². The van der Waals surface area contributed by atoms with E-state index in [0.717, 1.165) is 24.3 Å². The van der Waals surface area contributed by atoms with Crippen LogP contribution in [0.2, 0.25) is 0 Å². The summed E-state index contributed by atoms with van der Waals surface area (Å²) in [6, 6.07) is 4.54. The molecule has 2 aliphatic rings. The molecule has 9 heteroatoms. The van der Waals surface area contributed by atoms with E-state index in [1.54, 1.807) is 0 Å². The normalized spacial score (nSPS) is 27.2.